The molecular formula is C15H19NO3. The molecule has 1 aromatic rings. The van der Waals surface area contributed by atoms with Crippen LogP contribution in [0.4, 0.5) is 0 Å². The Labute approximate surface area is 113 Å². The summed E-state index contributed by atoms with van der Waals surface area (Å²) in [5.74, 6) is -0.266. The van der Waals surface area contributed by atoms with Gasteiger partial charge >= 0.3 is 5.97 Å². The standard InChI is InChI=1S/C15H19NO3/c1-2-6-15(18)19-13-10-14(17)16-12(13)9-11-7-4-3-5-8-11/h3-5,7-8,12-13H,2,6,9-10H2,1H3,(H,16,17)/t12-,13-/m0/s1. The topological polar surface area (TPSA) is 55.4 Å². The van der Waals surface area contributed by atoms with Gasteiger partial charge < -0.3 is 10.1 Å². The van der Waals surface area contributed by atoms with E-state index in [1.54, 1.807) is 0 Å². The highest BCUT2D eigenvalue weighted by Crippen LogP contribution is 2.18. The van der Waals surface area contributed by atoms with E-state index in [0.717, 1.165) is 12.0 Å². The van der Waals surface area contributed by atoms with Gasteiger partial charge in [-0.15, -0.1) is 0 Å². The fourth-order valence-corrected chi connectivity index (χ4v) is 2.29. The first-order valence-electron chi connectivity index (χ1n) is 6.72. The largest absolute Gasteiger partial charge is 0.460 e. The molecule has 1 saturated heterocycles. The van der Waals surface area contributed by atoms with Crippen LogP contribution in [0.25, 0.3) is 0 Å². The van der Waals surface area contributed by atoms with Crippen LogP contribution in [-0.2, 0) is 20.7 Å². The third kappa shape index (κ3) is 3.81. The molecule has 4 nitrogen and oxygen atoms in total. The minimum absolute atomic E-state index is 0.0461. The molecule has 0 aliphatic carbocycles. The van der Waals surface area contributed by atoms with E-state index in [9.17, 15) is 9.59 Å². The van der Waals surface area contributed by atoms with Crippen LogP contribution in [0.15, 0.2) is 30.3 Å². The zero-order chi connectivity index (χ0) is 13.7. The Morgan fingerprint density at radius 1 is 1.37 bits per heavy atom. The minimum atomic E-state index is -0.341. The van der Waals surface area contributed by atoms with Crippen LogP contribution >= 0.6 is 0 Å². The summed E-state index contributed by atoms with van der Waals surface area (Å²) in [6.07, 6.45) is 1.79. The molecule has 1 heterocycles. The number of carbonyl (C=O) groups is 2. The highest BCUT2D eigenvalue weighted by molar-refractivity contribution is 5.80. The minimum Gasteiger partial charge on any atom is -0.460 e. The van der Waals surface area contributed by atoms with Crippen molar-refractivity contribution in [2.75, 3.05) is 0 Å². The number of carbonyl (C=O) groups excluding carboxylic acids is 2. The van der Waals surface area contributed by atoms with Crippen LogP contribution < -0.4 is 5.32 Å². The molecular weight excluding hydrogens is 242 g/mol. The molecule has 0 spiro atoms. The third-order valence-electron chi connectivity index (χ3n) is 3.22. The van der Waals surface area contributed by atoms with Crippen molar-refractivity contribution < 1.29 is 14.3 Å². The van der Waals surface area contributed by atoms with E-state index in [1.807, 2.05) is 37.3 Å². The van der Waals surface area contributed by atoms with Crippen LogP contribution in [0.5, 0.6) is 0 Å². The van der Waals surface area contributed by atoms with Crippen molar-refractivity contribution in [2.24, 2.45) is 0 Å². The molecule has 0 radical (unpaired) electrons. The summed E-state index contributed by atoms with van der Waals surface area (Å²) in [6, 6.07) is 9.78. The van der Waals surface area contributed by atoms with Crippen LogP contribution in [0.1, 0.15) is 31.7 Å². The van der Waals surface area contributed by atoms with Gasteiger partial charge in [-0.05, 0) is 18.4 Å². The Hall–Kier alpha value is -1.84. The molecule has 1 amide bonds. The summed E-state index contributed by atoms with van der Waals surface area (Å²) in [4.78, 5) is 23.0. The van der Waals surface area contributed by atoms with Crippen LogP contribution in [0, 0.1) is 0 Å². The SMILES string of the molecule is CCCC(=O)O[C@H]1CC(=O)N[C@H]1Cc1ccccc1. The van der Waals surface area contributed by atoms with Gasteiger partial charge in [-0.2, -0.15) is 0 Å². The summed E-state index contributed by atoms with van der Waals surface area (Å²) in [5.41, 5.74) is 1.13. The van der Waals surface area contributed by atoms with Crippen molar-refractivity contribution >= 4 is 11.9 Å². The van der Waals surface area contributed by atoms with Crippen molar-refractivity contribution in [3.63, 3.8) is 0 Å². The zero-order valence-corrected chi connectivity index (χ0v) is 11.1. The smallest absolute Gasteiger partial charge is 0.306 e. The molecule has 0 unspecified atom stereocenters. The lowest BCUT2D eigenvalue weighted by Gasteiger charge is -2.19. The van der Waals surface area contributed by atoms with Crippen LogP contribution in [0.3, 0.4) is 0 Å². The van der Waals surface area contributed by atoms with Crippen molar-refractivity contribution in [1.82, 2.24) is 5.32 Å². The number of esters is 1. The fourth-order valence-electron chi connectivity index (χ4n) is 2.29. The summed E-state index contributed by atoms with van der Waals surface area (Å²) >= 11 is 0. The number of benzene rings is 1. The van der Waals surface area contributed by atoms with Crippen LogP contribution in [0.2, 0.25) is 0 Å². The van der Waals surface area contributed by atoms with E-state index in [4.69, 9.17) is 4.74 Å². The molecule has 102 valence electrons. The average molecular weight is 261 g/mol. The highest BCUT2D eigenvalue weighted by Gasteiger charge is 2.35. The number of ether oxygens (including phenoxy) is 1. The van der Waals surface area contributed by atoms with E-state index in [2.05, 4.69) is 5.32 Å². The summed E-state index contributed by atoms with van der Waals surface area (Å²) in [7, 11) is 0. The molecule has 2 rings (SSSR count). The molecule has 0 aromatic heterocycles. The summed E-state index contributed by atoms with van der Waals surface area (Å²) in [5, 5.41) is 2.88. The monoisotopic (exact) mass is 261 g/mol. The van der Waals surface area contributed by atoms with Gasteiger partial charge in [0.25, 0.3) is 0 Å². The Bertz CT molecular complexity index is 444. The van der Waals surface area contributed by atoms with Gasteiger partial charge in [-0.25, -0.2) is 0 Å². The lowest BCUT2D eigenvalue weighted by atomic mass is 10.0. The Kier molecular flexibility index (Phi) is 4.55. The van der Waals surface area contributed by atoms with Gasteiger partial charge in [0.15, 0.2) is 0 Å². The number of rotatable bonds is 5. The Morgan fingerprint density at radius 2 is 2.11 bits per heavy atom. The normalized spacial score (nSPS) is 22.1. The van der Waals surface area contributed by atoms with Crippen molar-refractivity contribution in [1.29, 1.82) is 0 Å². The molecule has 1 aliphatic rings. The molecule has 2 atom stereocenters. The molecule has 0 saturated carbocycles. The second-order valence-electron chi connectivity index (χ2n) is 4.85. The van der Waals surface area contributed by atoms with Gasteiger partial charge in [0.2, 0.25) is 5.91 Å². The molecule has 0 bridgehead atoms. The molecule has 1 N–H and O–H groups in total. The van der Waals surface area contributed by atoms with Crippen molar-refractivity contribution in [2.45, 2.75) is 44.8 Å². The number of hydrogen-bond donors (Lipinski definition) is 1. The maximum atomic E-state index is 11.5. The summed E-state index contributed by atoms with van der Waals surface area (Å²) < 4.78 is 5.38. The maximum absolute atomic E-state index is 11.5. The highest BCUT2D eigenvalue weighted by atomic mass is 16.5. The molecule has 19 heavy (non-hydrogen) atoms. The third-order valence-corrected chi connectivity index (χ3v) is 3.22. The molecule has 1 aliphatic heterocycles. The van der Waals surface area contributed by atoms with Gasteiger partial charge in [0, 0.05) is 6.42 Å². The first-order valence-corrected chi connectivity index (χ1v) is 6.72. The van der Waals surface area contributed by atoms with Gasteiger partial charge in [0.05, 0.1) is 12.5 Å². The molecule has 1 fully saturated rings. The number of nitrogens with one attached hydrogen (secondary N) is 1. The van der Waals surface area contributed by atoms with E-state index < -0.39 is 0 Å². The van der Waals surface area contributed by atoms with Gasteiger partial charge in [-0.3, -0.25) is 9.59 Å². The second-order valence-corrected chi connectivity index (χ2v) is 4.85. The van der Waals surface area contributed by atoms with Crippen LogP contribution in [-0.4, -0.2) is 24.0 Å². The van der Waals surface area contributed by atoms with Crippen molar-refractivity contribution in [3.8, 4) is 0 Å². The number of hydrogen-bond acceptors (Lipinski definition) is 3. The molecule has 1 aromatic carbocycles. The lowest BCUT2D eigenvalue weighted by Crippen LogP contribution is -2.36. The van der Waals surface area contributed by atoms with E-state index >= 15 is 0 Å². The predicted octanol–water partition coefficient (Wildman–Crippen LogP) is 1.83. The van der Waals surface area contributed by atoms with Gasteiger partial charge in [-0.1, -0.05) is 37.3 Å². The van der Waals surface area contributed by atoms with E-state index in [-0.39, 0.29) is 30.4 Å². The number of amides is 1. The lowest BCUT2D eigenvalue weighted by molar-refractivity contribution is -0.149. The average Bonchev–Trinajstić information content (AvgIpc) is 2.71. The maximum Gasteiger partial charge on any atom is 0.306 e. The fraction of sp³-hybridized carbons (Fsp3) is 0.467. The molecule has 4 heteroatoms. The van der Waals surface area contributed by atoms with Crippen molar-refractivity contribution in [3.05, 3.63) is 35.9 Å². The Morgan fingerprint density at radius 3 is 2.79 bits per heavy atom. The summed E-state index contributed by atoms with van der Waals surface area (Å²) in [6.45, 7) is 1.93. The zero-order valence-electron chi connectivity index (χ0n) is 11.1. The second kappa shape index (κ2) is 6.36. The van der Waals surface area contributed by atoms with E-state index in [0.29, 0.717) is 12.8 Å². The van der Waals surface area contributed by atoms with E-state index in [1.165, 1.54) is 0 Å². The Balaban J connectivity index is 1.97. The first-order chi connectivity index (χ1) is 9.19. The predicted molar refractivity (Wildman–Crippen MR) is 71.5 cm³/mol. The van der Waals surface area contributed by atoms with Gasteiger partial charge in [0.1, 0.15) is 6.10 Å². The first kappa shape index (κ1) is 13.6. The quantitative estimate of drug-likeness (QED) is 0.823.